The summed E-state index contributed by atoms with van der Waals surface area (Å²) in [7, 11) is 0. The molecule has 5 nitrogen and oxygen atoms in total. The predicted octanol–water partition coefficient (Wildman–Crippen LogP) is 2.59. The molecule has 7 heteroatoms. The third kappa shape index (κ3) is 3.05. The number of nitriles is 1. The second-order valence-electron chi connectivity index (χ2n) is 3.60. The lowest BCUT2D eigenvalue weighted by Gasteiger charge is -1.99. The molecule has 0 aliphatic carbocycles. The van der Waals surface area contributed by atoms with Gasteiger partial charge >= 0.3 is 6.09 Å². The van der Waals surface area contributed by atoms with E-state index in [1.807, 2.05) is 6.07 Å². The van der Waals surface area contributed by atoms with Crippen LogP contribution in [0.25, 0.3) is 10.6 Å². The first kappa shape index (κ1) is 13.0. The summed E-state index contributed by atoms with van der Waals surface area (Å²) in [6, 6.07) is 5.99. The first-order chi connectivity index (χ1) is 9.10. The lowest BCUT2D eigenvalue weighted by molar-refractivity contribution is 0.194. The van der Waals surface area contributed by atoms with Gasteiger partial charge < -0.3 is 10.4 Å². The number of rotatable bonds is 3. The van der Waals surface area contributed by atoms with E-state index in [0.29, 0.717) is 15.4 Å². The Bertz CT molecular complexity index is 663. The second-order valence-corrected chi connectivity index (χ2v) is 4.71. The van der Waals surface area contributed by atoms with Crippen LogP contribution in [0, 0.1) is 17.1 Å². The Kier molecular flexibility index (Phi) is 3.73. The van der Waals surface area contributed by atoms with E-state index in [2.05, 4.69) is 10.3 Å². The van der Waals surface area contributed by atoms with Gasteiger partial charge in [0.15, 0.2) is 0 Å². The lowest BCUT2D eigenvalue weighted by atomic mass is 10.1. The molecule has 1 amide bonds. The van der Waals surface area contributed by atoms with Crippen LogP contribution in [0.5, 0.6) is 0 Å². The minimum atomic E-state index is -1.13. The Labute approximate surface area is 112 Å². The van der Waals surface area contributed by atoms with E-state index in [0.717, 1.165) is 6.07 Å². The topological polar surface area (TPSA) is 86.0 Å². The van der Waals surface area contributed by atoms with Crippen molar-refractivity contribution in [3.05, 3.63) is 40.7 Å². The molecule has 1 heterocycles. The highest BCUT2D eigenvalue weighted by atomic mass is 32.1. The Morgan fingerprint density at radius 2 is 2.37 bits per heavy atom. The van der Waals surface area contributed by atoms with E-state index in [-0.39, 0.29) is 12.1 Å². The number of nitrogens with zero attached hydrogens (tertiary/aromatic N) is 2. The molecule has 19 heavy (non-hydrogen) atoms. The van der Waals surface area contributed by atoms with E-state index in [1.54, 1.807) is 0 Å². The van der Waals surface area contributed by atoms with Gasteiger partial charge in [0.2, 0.25) is 0 Å². The molecule has 0 fully saturated rings. The minimum absolute atomic E-state index is 0.130. The maximum atomic E-state index is 13.8. The summed E-state index contributed by atoms with van der Waals surface area (Å²) in [6.07, 6.45) is 0.368. The van der Waals surface area contributed by atoms with Crippen molar-refractivity contribution in [2.75, 3.05) is 0 Å². The van der Waals surface area contributed by atoms with E-state index in [1.165, 1.54) is 29.7 Å². The molecule has 0 unspecified atom stereocenters. The van der Waals surface area contributed by atoms with Crippen LogP contribution in [0.4, 0.5) is 9.18 Å². The lowest BCUT2D eigenvalue weighted by Crippen LogP contribution is -2.19. The molecule has 0 bridgehead atoms. The van der Waals surface area contributed by atoms with E-state index in [4.69, 9.17) is 10.4 Å². The summed E-state index contributed by atoms with van der Waals surface area (Å²) in [5.74, 6) is -0.522. The molecule has 1 aromatic carbocycles. The molecular formula is C12H8FN3O2S. The molecule has 0 radical (unpaired) electrons. The number of carboxylic acid groups (broad SMARTS) is 1. The smallest absolute Gasteiger partial charge is 0.404 e. The summed E-state index contributed by atoms with van der Waals surface area (Å²) in [6.45, 7) is 0.130. The first-order valence-corrected chi connectivity index (χ1v) is 6.03. The summed E-state index contributed by atoms with van der Waals surface area (Å²) in [5.41, 5.74) is 0.538. The number of benzene rings is 1. The Balaban J connectivity index is 2.23. The van der Waals surface area contributed by atoms with Crippen molar-refractivity contribution in [3.8, 4) is 16.6 Å². The fourth-order valence-electron chi connectivity index (χ4n) is 1.43. The van der Waals surface area contributed by atoms with Gasteiger partial charge in [0, 0.05) is 16.6 Å². The monoisotopic (exact) mass is 277 g/mol. The molecule has 1 aromatic heterocycles. The summed E-state index contributed by atoms with van der Waals surface area (Å²) in [4.78, 5) is 15.1. The quantitative estimate of drug-likeness (QED) is 0.902. The van der Waals surface area contributed by atoms with Crippen molar-refractivity contribution in [3.63, 3.8) is 0 Å². The Hall–Kier alpha value is -2.46. The van der Waals surface area contributed by atoms with E-state index < -0.39 is 11.9 Å². The predicted molar refractivity (Wildman–Crippen MR) is 67.1 cm³/mol. The maximum Gasteiger partial charge on any atom is 0.404 e. The van der Waals surface area contributed by atoms with Gasteiger partial charge in [-0.3, -0.25) is 0 Å². The molecule has 0 saturated carbocycles. The number of hydrogen-bond donors (Lipinski definition) is 2. The highest BCUT2D eigenvalue weighted by molar-refractivity contribution is 7.15. The number of hydrogen-bond acceptors (Lipinski definition) is 4. The average Bonchev–Trinajstić information content (AvgIpc) is 2.84. The zero-order valence-corrected chi connectivity index (χ0v) is 10.4. The van der Waals surface area contributed by atoms with Crippen LogP contribution in [0.2, 0.25) is 0 Å². The molecule has 0 spiro atoms. The molecule has 2 aromatic rings. The summed E-state index contributed by atoms with van der Waals surface area (Å²) < 4.78 is 13.8. The number of aromatic nitrogens is 1. The zero-order chi connectivity index (χ0) is 13.8. The first-order valence-electron chi connectivity index (χ1n) is 5.21. The molecule has 0 aliphatic rings. The number of amides is 1. The normalized spacial score (nSPS) is 9.89. The molecule has 0 saturated heterocycles. The van der Waals surface area contributed by atoms with Crippen LogP contribution in [-0.4, -0.2) is 16.2 Å². The fourth-order valence-corrected chi connectivity index (χ4v) is 2.31. The Morgan fingerprint density at radius 3 is 3.00 bits per heavy atom. The van der Waals surface area contributed by atoms with Crippen LogP contribution in [-0.2, 0) is 6.54 Å². The van der Waals surface area contributed by atoms with Crippen molar-refractivity contribution < 1.29 is 14.3 Å². The molecule has 2 rings (SSSR count). The van der Waals surface area contributed by atoms with Crippen LogP contribution in [0.1, 0.15) is 10.4 Å². The van der Waals surface area contributed by atoms with Gasteiger partial charge in [-0.25, -0.2) is 14.2 Å². The van der Waals surface area contributed by atoms with Gasteiger partial charge in [-0.1, -0.05) is 0 Å². The van der Waals surface area contributed by atoms with Crippen LogP contribution in [0.15, 0.2) is 24.4 Å². The van der Waals surface area contributed by atoms with Crippen LogP contribution >= 0.6 is 11.3 Å². The van der Waals surface area contributed by atoms with Gasteiger partial charge in [0.25, 0.3) is 0 Å². The third-order valence-electron chi connectivity index (χ3n) is 2.30. The Morgan fingerprint density at radius 1 is 1.58 bits per heavy atom. The molecule has 0 atom stereocenters. The van der Waals surface area contributed by atoms with Crippen molar-refractivity contribution >= 4 is 17.4 Å². The molecule has 96 valence electrons. The highest BCUT2D eigenvalue weighted by Crippen LogP contribution is 2.27. The largest absolute Gasteiger partial charge is 0.465 e. The van der Waals surface area contributed by atoms with Crippen molar-refractivity contribution in [2.24, 2.45) is 0 Å². The number of halogens is 1. The molecular weight excluding hydrogens is 269 g/mol. The van der Waals surface area contributed by atoms with Crippen molar-refractivity contribution in [2.45, 2.75) is 6.54 Å². The molecule has 0 aliphatic heterocycles. The zero-order valence-electron chi connectivity index (χ0n) is 9.55. The van der Waals surface area contributed by atoms with E-state index in [9.17, 15) is 9.18 Å². The van der Waals surface area contributed by atoms with Gasteiger partial charge in [-0.05, 0) is 18.2 Å². The minimum Gasteiger partial charge on any atom is -0.465 e. The SMILES string of the molecule is N#Cc1ccc(-c2ncc(CNC(=O)O)s2)c(F)c1. The number of nitrogens with one attached hydrogen (secondary N) is 1. The van der Waals surface area contributed by atoms with Gasteiger partial charge in [0.05, 0.1) is 18.2 Å². The average molecular weight is 277 g/mol. The van der Waals surface area contributed by atoms with Gasteiger partial charge in [-0.15, -0.1) is 11.3 Å². The number of carbonyl (C=O) groups is 1. The van der Waals surface area contributed by atoms with Gasteiger partial charge in [0.1, 0.15) is 10.8 Å². The summed E-state index contributed by atoms with van der Waals surface area (Å²) >= 11 is 1.20. The third-order valence-corrected chi connectivity index (χ3v) is 3.33. The van der Waals surface area contributed by atoms with Crippen molar-refractivity contribution in [1.29, 1.82) is 5.26 Å². The van der Waals surface area contributed by atoms with Crippen LogP contribution in [0.3, 0.4) is 0 Å². The van der Waals surface area contributed by atoms with Gasteiger partial charge in [-0.2, -0.15) is 5.26 Å². The standard InChI is InChI=1S/C12H8FN3O2S/c13-10-3-7(4-14)1-2-9(10)11-15-5-8(19-11)6-16-12(17)18/h1-3,5,16H,6H2,(H,17,18). The number of thiazole rings is 1. The fraction of sp³-hybridized carbons (Fsp3) is 0.0833. The second kappa shape index (κ2) is 5.46. The molecule has 2 N–H and O–H groups in total. The highest BCUT2D eigenvalue weighted by Gasteiger charge is 2.11. The van der Waals surface area contributed by atoms with E-state index >= 15 is 0 Å². The summed E-state index contributed by atoms with van der Waals surface area (Å²) in [5, 5.41) is 19.8. The maximum absolute atomic E-state index is 13.8. The van der Waals surface area contributed by atoms with Crippen LogP contribution < -0.4 is 5.32 Å². The van der Waals surface area contributed by atoms with Crippen molar-refractivity contribution in [1.82, 2.24) is 10.3 Å².